The van der Waals surface area contributed by atoms with Crippen LogP contribution in [0.5, 0.6) is 0 Å². The van der Waals surface area contributed by atoms with Crippen molar-refractivity contribution in [2.24, 2.45) is 0 Å². The van der Waals surface area contributed by atoms with Gasteiger partial charge in [0.05, 0.1) is 11.9 Å². The molecule has 1 N–H and O–H groups in total. The fraction of sp³-hybridized carbons (Fsp3) is 0.500. The van der Waals surface area contributed by atoms with Gasteiger partial charge >= 0.3 is 0 Å². The average Bonchev–Trinajstić information content (AvgIpc) is 2.33. The molecule has 0 aliphatic carbocycles. The quantitative estimate of drug-likeness (QED) is 0.590. The van der Waals surface area contributed by atoms with Crippen LogP contribution in [0.1, 0.15) is 11.3 Å². The molecule has 2 heterocycles. The highest BCUT2D eigenvalue weighted by atomic mass is 32.1. The number of aryl methyl sites for hydroxylation is 1. The van der Waals surface area contributed by atoms with Crippen molar-refractivity contribution in [3.05, 3.63) is 11.1 Å². The predicted octanol–water partition coefficient (Wildman–Crippen LogP) is 1.50. The van der Waals surface area contributed by atoms with E-state index in [4.69, 9.17) is 0 Å². The second-order valence-corrected chi connectivity index (χ2v) is 3.08. The van der Waals surface area contributed by atoms with E-state index in [1.54, 1.807) is 11.5 Å². The highest BCUT2D eigenvalue weighted by Crippen LogP contribution is 2.23. The highest BCUT2D eigenvalue weighted by molar-refractivity contribution is 7.06. The highest BCUT2D eigenvalue weighted by Gasteiger charge is 2.08. The van der Waals surface area contributed by atoms with Crippen LogP contribution in [-0.4, -0.2) is 10.9 Å². The Morgan fingerprint density at radius 3 is 3.56 bits per heavy atom. The summed E-state index contributed by atoms with van der Waals surface area (Å²) in [5.41, 5.74) is 1.26. The first-order chi connectivity index (χ1) is 4.47. The molecule has 0 unspecified atom stereocenters. The first-order valence-electron chi connectivity index (χ1n) is 3.14. The average molecular weight is 140 g/mol. The number of fused-ring (bicyclic) bond motifs is 1. The van der Waals surface area contributed by atoms with Crippen LogP contribution < -0.4 is 5.32 Å². The molecule has 2 rings (SSSR count). The van der Waals surface area contributed by atoms with E-state index in [-0.39, 0.29) is 0 Å². The Morgan fingerprint density at radius 1 is 1.67 bits per heavy atom. The molecule has 0 fully saturated rings. The van der Waals surface area contributed by atoms with Crippen molar-refractivity contribution in [1.82, 2.24) is 4.37 Å². The third-order valence-corrected chi connectivity index (χ3v) is 2.40. The second-order valence-electron chi connectivity index (χ2n) is 2.19. The van der Waals surface area contributed by atoms with Crippen LogP contribution in [0.15, 0.2) is 6.20 Å². The minimum atomic E-state index is 1.12. The third-order valence-electron chi connectivity index (χ3n) is 1.54. The maximum Gasteiger partial charge on any atom is 0.0685 e. The summed E-state index contributed by atoms with van der Waals surface area (Å²) in [6.45, 7) is 1.12. The molecular weight excluding hydrogens is 132 g/mol. The molecule has 9 heavy (non-hydrogen) atoms. The van der Waals surface area contributed by atoms with Gasteiger partial charge in [0, 0.05) is 11.4 Å². The van der Waals surface area contributed by atoms with Crippen LogP contribution >= 0.6 is 11.5 Å². The molecule has 0 atom stereocenters. The van der Waals surface area contributed by atoms with Crippen LogP contribution in [0.2, 0.25) is 0 Å². The Balaban J connectivity index is 2.39. The van der Waals surface area contributed by atoms with Gasteiger partial charge in [0.25, 0.3) is 0 Å². The van der Waals surface area contributed by atoms with Crippen molar-refractivity contribution < 1.29 is 0 Å². The van der Waals surface area contributed by atoms with Gasteiger partial charge in [0.15, 0.2) is 0 Å². The molecule has 1 aliphatic rings. The van der Waals surface area contributed by atoms with E-state index in [0.717, 1.165) is 6.54 Å². The summed E-state index contributed by atoms with van der Waals surface area (Å²) in [5.74, 6) is 0. The molecule has 0 saturated carbocycles. The first-order valence-corrected chi connectivity index (χ1v) is 3.91. The Labute approximate surface area is 58.1 Å². The summed E-state index contributed by atoms with van der Waals surface area (Å²) in [5, 5.41) is 3.29. The number of hydrogen-bond donors (Lipinski definition) is 1. The van der Waals surface area contributed by atoms with E-state index in [1.165, 1.54) is 23.4 Å². The van der Waals surface area contributed by atoms with E-state index in [1.807, 2.05) is 6.20 Å². The van der Waals surface area contributed by atoms with Gasteiger partial charge < -0.3 is 5.32 Å². The summed E-state index contributed by atoms with van der Waals surface area (Å²) in [4.78, 5) is 1.42. The largest absolute Gasteiger partial charge is 0.383 e. The van der Waals surface area contributed by atoms with Gasteiger partial charge in [0.2, 0.25) is 0 Å². The number of anilines is 1. The fourth-order valence-electron chi connectivity index (χ4n) is 1.06. The topological polar surface area (TPSA) is 24.9 Å². The second kappa shape index (κ2) is 1.99. The predicted molar refractivity (Wildman–Crippen MR) is 38.9 cm³/mol. The van der Waals surface area contributed by atoms with Crippen molar-refractivity contribution in [2.45, 2.75) is 12.8 Å². The van der Waals surface area contributed by atoms with E-state index in [2.05, 4.69) is 9.69 Å². The molecule has 0 saturated heterocycles. The number of nitrogens with zero attached hydrogens (tertiary/aromatic N) is 1. The van der Waals surface area contributed by atoms with Crippen molar-refractivity contribution in [1.29, 1.82) is 0 Å². The molecule has 48 valence electrons. The summed E-state index contributed by atoms with van der Waals surface area (Å²) in [6.07, 6.45) is 4.39. The van der Waals surface area contributed by atoms with Crippen LogP contribution in [-0.2, 0) is 6.42 Å². The van der Waals surface area contributed by atoms with Gasteiger partial charge in [-0.15, -0.1) is 0 Å². The van der Waals surface area contributed by atoms with Crippen molar-refractivity contribution in [3.8, 4) is 0 Å². The summed E-state index contributed by atoms with van der Waals surface area (Å²) < 4.78 is 4.08. The van der Waals surface area contributed by atoms with E-state index in [0.29, 0.717) is 0 Å². The van der Waals surface area contributed by atoms with Gasteiger partial charge in [-0.05, 0) is 24.4 Å². The lowest BCUT2D eigenvalue weighted by molar-refractivity contribution is 0.845. The number of aromatic nitrogens is 1. The molecular formula is C6H8N2S. The maximum atomic E-state index is 4.08. The maximum absolute atomic E-state index is 4.08. The Bertz CT molecular complexity index is 186. The van der Waals surface area contributed by atoms with Crippen LogP contribution in [0.25, 0.3) is 0 Å². The normalized spacial score (nSPS) is 16.4. The number of rotatable bonds is 0. The van der Waals surface area contributed by atoms with Crippen LogP contribution in [0, 0.1) is 0 Å². The SMILES string of the molecule is c1nsc2c1NCCC2. The molecule has 2 nitrogen and oxygen atoms in total. The zero-order chi connectivity index (χ0) is 6.10. The molecule has 0 spiro atoms. The van der Waals surface area contributed by atoms with Gasteiger partial charge in [-0.25, -0.2) is 0 Å². The Kier molecular flexibility index (Phi) is 1.16. The van der Waals surface area contributed by atoms with Gasteiger partial charge in [-0.2, -0.15) is 4.37 Å². The Morgan fingerprint density at radius 2 is 2.67 bits per heavy atom. The van der Waals surface area contributed by atoms with E-state index < -0.39 is 0 Å². The molecule has 0 bridgehead atoms. The molecule has 1 aromatic heterocycles. The van der Waals surface area contributed by atoms with Gasteiger partial charge in [-0.3, -0.25) is 0 Å². The number of hydrogen-bond acceptors (Lipinski definition) is 3. The van der Waals surface area contributed by atoms with E-state index in [9.17, 15) is 0 Å². The summed E-state index contributed by atoms with van der Waals surface area (Å²) in [6, 6.07) is 0. The van der Waals surface area contributed by atoms with Crippen LogP contribution in [0.3, 0.4) is 0 Å². The third kappa shape index (κ3) is 0.812. The van der Waals surface area contributed by atoms with Crippen molar-refractivity contribution >= 4 is 17.2 Å². The molecule has 1 aromatic rings. The monoisotopic (exact) mass is 140 g/mol. The lowest BCUT2D eigenvalue weighted by Crippen LogP contribution is -2.08. The minimum Gasteiger partial charge on any atom is -0.383 e. The molecule has 3 heteroatoms. The van der Waals surface area contributed by atoms with Crippen LogP contribution in [0.4, 0.5) is 5.69 Å². The minimum absolute atomic E-state index is 1.12. The van der Waals surface area contributed by atoms with E-state index >= 15 is 0 Å². The lowest BCUT2D eigenvalue weighted by atomic mass is 10.2. The Hall–Kier alpha value is -0.570. The smallest absolute Gasteiger partial charge is 0.0685 e. The molecule has 1 aliphatic heterocycles. The first kappa shape index (κ1) is 5.23. The standard InChI is InChI=1S/C6H8N2S/c1-2-6-5(7-3-1)4-8-9-6/h4,7H,1-3H2. The molecule has 0 amide bonds. The van der Waals surface area contributed by atoms with Gasteiger partial charge in [-0.1, -0.05) is 0 Å². The molecule has 0 aromatic carbocycles. The van der Waals surface area contributed by atoms with Crippen molar-refractivity contribution in [2.75, 3.05) is 11.9 Å². The fourth-order valence-corrected chi connectivity index (χ4v) is 1.80. The van der Waals surface area contributed by atoms with Gasteiger partial charge in [0.1, 0.15) is 0 Å². The molecule has 0 radical (unpaired) electrons. The lowest BCUT2D eigenvalue weighted by Gasteiger charge is -2.10. The zero-order valence-electron chi connectivity index (χ0n) is 5.05. The summed E-state index contributed by atoms with van der Waals surface area (Å²) >= 11 is 1.61. The zero-order valence-corrected chi connectivity index (χ0v) is 5.87. The summed E-state index contributed by atoms with van der Waals surface area (Å²) in [7, 11) is 0. The van der Waals surface area contributed by atoms with Crippen molar-refractivity contribution in [3.63, 3.8) is 0 Å². The number of nitrogens with one attached hydrogen (secondary N) is 1.